The largest absolute Gasteiger partial charge is 0.356 e. The molecular formula is C18H17FN4O2S. The maximum Gasteiger partial charge on any atom is 0.253 e. The van der Waals surface area contributed by atoms with Crippen LogP contribution >= 0.6 is 11.3 Å². The number of rotatable bonds is 5. The maximum absolute atomic E-state index is 14.2. The van der Waals surface area contributed by atoms with Crippen LogP contribution in [-0.4, -0.2) is 27.9 Å². The van der Waals surface area contributed by atoms with Crippen LogP contribution in [0.25, 0.3) is 11.3 Å². The van der Waals surface area contributed by atoms with Crippen LogP contribution in [0, 0.1) is 12.7 Å². The summed E-state index contributed by atoms with van der Waals surface area (Å²) in [6, 6.07) is 6.74. The highest BCUT2D eigenvalue weighted by Crippen LogP contribution is 2.28. The molecule has 2 heterocycles. The molecule has 2 aromatic heterocycles. The number of benzene rings is 1. The van der Waals surface area contributed by atoms with Crippen molar-refractivity contribution in [2.45, 2.75) is 6.92 Å². The van der Waals surface area contributed by atoms with Crippen molar-refractivity contribution in [3.63, 3.8) is 0 Å². The summed E-state index contributed by atoms with van der Waals surface area (Å²) in [5, 5.41) is 7.17. The van der Waals surface area contributed by atoms with Crippen molar-refractivity contribution >= 4 is 28.3 Å². The molecule has 2 N–H and O–H groups in total. The minimum atomic E-state index is -0.403. The van der Waals surface area contributed by atoms with Crippen molar-refractivity contribution < 1.29 is 14.0 Å². The zero-order chi connectivity index (χ0) is 18.7. The van der Waals surface area contributed by atoms with Gasteiger partial charge in [-0.25, -0.2) is 9.37 Å². The third kappa shape index (κ3) is 3.97. The van der Waals surface area contributed by atoms with E-state index in [0.29, 0.717) is 27.5 Å². The van der Waals surface area contributed by atoms with Crippen LogP contribution in [0.1, 0.15) is 15.9 Å². The highest BCUT2D eigenvalue weighted by Gasteiger charge is 2.13. The Morgan fingerprint density at radius 2 is 2.12 bits per heavy atom. The molecule has 3 rings (SSSR count). The van der Waals surface area contributed by atoms with Gasteiger partial charge in [0.25, 0.3) is 5.91 Å². The van der Waals surface area contributed by atoms with E-state index in [1.807, 2.05) is 0 Å². The van der Waals surface area contributed by atoms with Gasteiger partial charge in [0.1, 0.15) is 5.82 Å². The first-order chi connectivity index (χ1) is 12.4. The van der Waals surface area contributed by atoms with E-state index in [0.717, 1.165) is 0 Å². The Morgan fingerprint density at radius 1 is 1.31 bits per heavy atom. The second-order valence-corrected chi connectivity index (χ2v) is 6.63. The van der Waals surface area contributed by atoms with Gasteiger partial charge in [0.2, 0.25) is 5.91 Å². The van der Waals surface area contributed by atoms with Gasteiger partial charge >= 0.3 is 0 Å². The molecule has 6 nitrogen and oxygen atoms in total. The molecule has 26 heavy (non-hydrogen) atoms. The molecule has 3 aromatic rings. The molecular weight excluding hydrogens is 355 g/mol. The number of anilines is 1. The van der Waals surface area contributed by atoms with Crippen LogP contribution in [0.2, 0.25) is 0 Å². The number of nitrogens with zero attached hydrogens (tertiary/aromatic N) is 2. The van der Waals surface area contributed by atoms with E-state index in [9.17, 15) is 14.0 Å². The van der Waals surface area contributed by atoms with Gasteiger partial charge in [0, 0.05) is 30.4 Å². The number of hydrogen-bond donors (Lipinski definition) is 2. The summed E-state index contributed by atoms with van der Waals surface area (Å²) < 4.78 is 15.9. The number of carbonyl (C=O) groups is 2. The minimum Gasteiger partial charge on any atom is -0.356 e. The maximum atomic E-state index is 14.2. The lowest BCUT2D eigenvalue weighted by Crippen LogP contribution is -2.32. The third-order valence-corrected chi connectivity index (χ3v) is 4.48. The Bertz CT molecular complexity index is 964. The monoisotopic (exact) mass is 372 g/mol. The quantitative estimate of drug-likeness (QED) is 0.723. The number of nitrogens with one attached hydrogen (secondary N) is 2. The fourth-order valence-corrected chi connectivity index (χ4v) is 3.09. The summed E-state index contributed by atoms with van der Waals surface area (Å²) in [6.45, 7) is 1.50. The Balaban J connectivity index is 1.59. The first-order valence-electron chi connectivity index (χ1n) is 7.85. The number of aryl methyl sites for hydroxylation is 2. The van der Waals surface area contributed by atoms with Crippen molar-refractivity contribution in [3.05, 3.63) is 59.0 Å². The molecule has 0 radical (unpaired) electrons. The van der Waals surface area contributed by atoms with E-state index >= 15 is 0 Å². The molecule has 1 aromatic carbocycles. The molecule has 134 valence electrons. The van der Waals surface area contributed by atoms with Gasteiger partial charge in [-0.2, -0.15) is 0 Å². The minimum absolute atomic E-state index is 0.179. The molecule has 0 aliphatic carbocycles. The summed E-state index contributed by atoms with van der Waals surface area (Å²) in [6.07, 6.45) is 3.41. The Morgan fingerprint density at radius 3 is 2.85 bits per heavy atom. The predicted molar refractivity (Wildman–Crippen MR) is 98.6 cm³/mol. The first-order valence-corrected chi connectivity index (χ1v) is 8.73. The molecule has 0 unspecified atom stereocenters. The lowest BCUT2D eigenvalue weighted by Gasteiger charge is -2.04. The summed E-state index contributed by atoms with van der Waals surface area (Å²) in [4.78, 5) is 28.1. The standard InChI is InChI=1S/C18H17FN4O2S/c1-11-4-3-5-13(16(11)19)14-10-26-18(21-14)22-15(24)8-20-17(25)12-6-7-23(2)9-12/h3-7,9-10H,8H2,1-2H3,(H,20,25)(H,21,22,24). The second kappa shape index (κ2) is 7.49. The lowest BCUT2D eigenvalue weighted by molar-refractivity contribution is -0.115. The molecule has 0 spiro atoms. The number of amides is 2. The van der Waals surface area contributed by atoms with Gasteiger partial charge in [-0.3, -0.25) is 9.59 Å². The van der Waals surface area contributed by atoms with Crippen LogP contribution in [0.3, 0.4) is 0 Å². The normalized spacial score (nSPS) is 10.6. The van der Waals surface area contributed by atoms with Crippen molar-refractivity contribution in [2.24, 2.45) is 7.05 Å². The fourth-order valence-electron chi connectivity index (χ4n) is 2.36. The van der Waals surface area contributed by atoms with Gasteiger partial charge in [0.15, 0.2) is 5.13 Å². The van der Waals surface area contributed by atoms with Gasteiger partial charge in [-0.05, 0) is 24.6 Å². The summed E-state index contributed by atoms with van der Waals surface area (Å²) >= 11 is 1.20. The zero-order valence-corrected chi connectivity index (χ0v) is 15.1. The van der Waals surface area contributed by atoms with Crippen molar-refractivity contribution in [1.29, 1.82) is 0 Å². The number of thiazole rings is 1. The Labute approximate surface area is 153 Å². The van der Waals surface area contributed by atoms with Crippen LogP contribution in [0.5, 0.6) is 0 Å². The van der Waals surface area contributed by atoms with E-state index in [4.69, 9.17) is 0 Å². The number of carbonyl (C=O) groups excluding carboxylic acids is 2. The zero-order valence-electron chi connectivity index (χ0n) is 14.2. The average molecular weight is 372 g/mol. The van der Waals surface area contributed by atoms with Crippen molar-refractivity contribution in [2.75, 3.05) is 11.9 Å². The molecule has 0 saturated heterocycles. The van der Waals surface area contributed by atoms with Crippen LogP contribution < -0.4 is 10.6 Å². The first kappa shape index (κ1) is 17.8. The van der Waals surface area contributed by atoms with E-state index in [1.54, 1.807) is 60.6 Å². The highest BCUT2D eigenvalue weighted by molar-refractivity contribution is 7.14. The van der Waals surface area contributed by atoms with Crippen molar-refractivity contribution in [1.82, 2.24) is 14.9 Å². The highest BCUT2D eigenvalue weighted by atomic mass is 32.1. The molecule has 0 atom stereocenters. The molecule has 0 fully saturated rings. The smallest absolute Gasteiger partial charge is 0.253 e. The van der Waals surface area contributed by atoms with E-state index in [-0.39, 0.29) is 18.3 Å². The molecule has 0 aliphatic heterocycles. The lowest BCUT2D eigenvalue weighted by atomic mass is 10.1. The van der Waals surface area contributed by atoms with Gasteiger partial charge < -0.3 is 15.2 Å². The summed E-state index contributed by atoms with van der Waals surface area (Å²) in [7, 11) is 1.81. The summed E-state index contributed by atoms with van der Waals surface area (Å²) in [5.41, 5.74) is 1.86. The van der Waals surface area contributed by atoms with Crippen LogP contribution in [0.4, 0.5) is 9.52 Å². The van der Waals surface area contributed by atoms with Crippen molar-refractivity contribution in [3.8, 4) is 11.3 Å². The average Bonchev–Trinajstić information content (AvgIpc) is 3.24. The predicted octanol–water partition coefficient (Wildman–Crippen LogP) is 2.96. The SMILES string of the molecule is Cc1cccc(-c2csc(NC(=O)CNC(=O)c3ccn(C)c3)n2)c1F. The fraction of sp³-hybridized carbons (Fsp3) is 0.167. The molecule has 0 saturated carbocycles. The molecule has 0 aliphatic rings. The Kier molecular flexibility index (Phi) is 5.13. The third-order valence-electron chi connectivity index (χ3n) is 3.72. The van der Waals surface area contributed by atoms with Crippen LogP contribution in [0.15, 0.2) is 42.0 Å². The summed E-state index contributed by atoms with van der Waals surface area (Å²) in [5.74, 6) is -1.06. The van der Waals surface area contributed by atoms with Gasteiger partial charge in [0.05, 0.1) is 17.8 Å². The van der Waals surface area contributed by atoms with E-state index in [2.05, 4.69) is 15.6 Å². The number of hydrogen-bond acceptors (Lipinski definition) is 4. The molecule has 8 heteroatoms. The second-order valence-electron chi connectivity index (χ2n) is 5.77. The topological polar surface area (TPSA) is 76.0 Å². The number of aromatic nitrogens is 2. The van der Waals surface area contributed by atoms with E-state index in [1.165, 1.54) is 11.3 Å². The van der Waals surface area contributed by atoms with Gasteiger partial charge in [-0.15, -0.1) is 11.3 Å². The molecule has 2 amide bonds. The Hall–Kier alpha value is -3.00. The van der Waals surface area contributed by atoms with Gasteiger partial charge in [-0.1, -0.05) is 12.1 Å². The van der Waals surface area contributed by atoms with Crippen LogP contribution in [-0.2, 0) is 11.8 Å². The van der Waals surface area contributed by atoms with E-state index < -0.39 is 5.91 Å². The molecule has 0 bridgehead atoms. The number of halogens is 1.